The molecule has 0 radical (unpaired) electrons. The molecule has 7 nitrogen and oxygen atoms in total. The molecule has 1 atom stereocenters. The SMILES string of the molecule is CCOc1nc(NN)nc(OC(C)c2ccccc2)n1. The quantitative estimate of drug-likeness (QED) is 0.612. The third-order valence-corrected chi connectivity index (χ3v) is 2.55. The number of anilines is 1. The molecule has 7 heteroatoms. The topological polar surface area (TPSA) is 95.2 Å². The van der Waals surface area contributed by atoms with E-state index in [0.717, 1.165) is 5.56 Å². The van der Waals surface area contributed by atoms with Gasteiger partial charge in [-0.05, 0) is 19.4 Å². The number of nitrogen functional groups attached to an aromatic ring is 1. The molecular formula is C13H17N5O2. The fourth-order valence-corrected chi connectivity index (χ4v) is 1.60. The van der Waals surface area contributed by atoms with Crippen LogP contribution < -0.4 is 20.7 Å². The van der Waals surface area contributed by atoms with Crippen molar-refractivity contribution in [1.82, 2.24) is 15.0 Å². The molecule has 0 bridgehead atoms. The van der Waals surface area contributed by atoms with Gasteiger partial charge in [-0.3, -0.25) is 5.43 Å². The van der Waals surface area contributed by atoms with E-state index in [0.29, 0.717) is 6.61 Å². The van der Waals surface area contributed by atoms with Crippen molar-refractivity contribution in [1.29, 1.82) is 0 Å². The van der Waals surface area contributed by atoms with Gasteiger partial charge in [0.05, 0.1) is 6.61 Å². The van der Waals surface area contributed by atoms with Gasteiger partial charge in [-0.15, -0.1) is 4.98 Å². The molecule has 0 aliphatic heterocycles. The molecule has 0 aliphatic carbocycles. The number of aromatic nitrogens is 3. The van der Waals surface area contributed by atoms with Crippen LogP contribution in [-0.2, 0) is 0 Å². The minimum atomic E-state index is -0.196. The molecule has 3 N–H and O–H groups in total. The zero-order chi connectivity index (χ0) is 14.4. The summed E-state index contributed by atoms with van der Waals surface area (Å²) in [6.07, 6.45) is -0.196. The maximum Gasteiger partial charge on any atom is 0.325 e. The zero-order valence-electron chi connectivity index (χ0n) is 11.4. The second-order valence-corrected chi connectivity index (χ2v) is 3.97. The molecule has 2 aromatic rings. The lowest BCUT2D eigenvalue weighted by atomic mass is 10.1. The fraction of sp³-hybridized carbons (Fsp3) is 0.308. The van der Waals surface area contributed by atoms with Crippen LogP contribution in [0.4, 0.5) is 5.95 Å². The average molecular weight is 275 g/mol. The maximum absolute atomic E-state index is 5.69. The van der Waals surface area contributed by atoms with E-state index in [9.17, 15) is 0 Å². The fourth-order valence-electron chi connectivity index (χ4n) is 1.60. The van der Waals surface area contributed by atoms with Crippen molar-refractivity contribution in [3.05, 3.63) is 35.9 Å². The first-order chi connectivity index (χ1) is 9.72. The first-order valence-corrected chi connectivity index (χ1v) is 6.30. The molecule has 0 aliphatic rings. The summed E-state index contributed by atoms with van der Waals surface area (Å²) < 4.78 is 10.9. The van der Waals surface area contributed by atoms with Crippen molar-refractivity contribution in [3.8, 4) is 12.0 Å². The Bertz CT molecular complexity index is 550. The molecule has 0 saturated heterocycles. The predicted octanol–water partition coefficient (Wildman–Crippen LogP) is 1.70. The molecule has 1 aromatic carbocycles. The number of benzene rings is 1. The molecule has 0 amide bonds. The average Bonchev–Trinajstić information content (AvgIpc) is 2.48. The molecule has 106 valence electrons. The van der Waals surface area contributed by atoms with Gasteiger partial charge in [0.1, 0.15) is 6.10 Å². The summed E-state index contributed by atoms with van der Waals surface area (Å²) in [7, 11) is 0. The van der Waals surface area contributed by atoms with Crippen LogP contribution in [0.3, 0.4) is 0 Å². The van der Waals surface area contributed by atoms with Crippen LogP contribution in [-0.4, -0.2) is 21.6 Å². The Morgan fingerprint density at radius 2 is 1.85 bits per heavy atom. The number of ether oxygens (including phenoxy) is 2. The van der Waals surface area contributed by atoms with E-state index in [4.69, 9.17) is 15.3 Å². The summed E-state index contributed by atoms with van der Waals surface area (Å²) in [5.41, 5.74) is 3.38. The van der Waals surface area contributed by atoms with Crippen LogP contribution in [0.2, 0.25) is 0 Å². The maximum atomic E-state index is 5.69. The van der Waals surface area contributed by atoms with Crippen molar-refractivity contribution in [2.45, 2.75) is 20.0 Å². The van der Waals surface area contributed by atoms with Crippen LogP contribution in [0.5, 0.6) is 12.0 Å². The lowest BCUT2D eigenvalue weighted by Crippen LogP contribution is -2.14. The Labute approximate surface area is 117 Å². The van der Waals surface area contributed by atoms with Crippen LogP contribution in [0.1, 0.15) is 25.5 Å². The highest BCUT2D eigenvalue weighted by atomic mass is 16.5. The number of hydrazine groups is 1. The standard InChI is InChI=1S/C13H17N5O2/c1-3-19-12-15-11(18-14)16-13(17-12)20-9(2)10-7-5-4-6-8-10/h4-9H,3,14H2,1-2H3,(H,15,16,17,18). The summed E-state index contributed by atoms with van der Waals surface area (Å²) >= 11 is 0. The van der Waals surface area contributed by atoms with Gasteiger partial charge >= 0.3 is 12.0 Å². The number of nitrogens with two attached hydrogens (primary N) is 1. The lowest BCUT2D eigenvalue weighted by Gasteiger charge is -2.14. The van der Waals surface area contributed by atoms with E-state index in [1.54, 1.807) is 0 Å². The summed E-state index contributed by atoms with van der Waals surface area (Å²) in [5, 5.41) is 0. The van der Waals surface area contributed by atoms with E-state index in [1.165, 1.54) is 0 Å². The van der Waals surface area contributed by atoms with E-state index in [1.807, 2.05) is 44.2 Å². The Hall–Kier alpha value is -2.41. The predicted molar refractivity (Wildman–Crippen MR) is 74.3 cm³/mol. The molecule has 20 heavy (non-hydrogen) atoms. The molecule has 0 saturated carbocycles. The van der Waals surface area contributed by atoms with Gasteiger partial charge in [-0.1, -0.05) is 30.3 Å². The van der Waals surface area contributed by atoms with E-state index in [-0.39, 0.29) is 24.1 Å². The third-order valence-electron chi connectivity index (χ3n) is 2.55. The van der Waals surface area contributed by atoms with Gasteiger partial charge in [0.25, 0.3) is 0 Å². The highest BCUT2D eigenvalue weighted by molar-refractivity contribution is 5.26. The molecule has 0 spiro atoms. The number of nitrogens with one attached hydrogen (secondary N) is 1. The smallest absolute Gasteiger partial charge is 0.325 e. The Morgan fingerprint density at radius 3 is 2.50 bits per heavy atom. The van der Waals surface area contributed by atoms with Crippen molar-refractivity contribution < 1.29 is 9.47 Å². The minimum Gasteiger partial charge on any atom is -0.464 e. The molecule has 2 rings (SSSR count). The Balaban J connectivity index is 2.17. The number of nitrogens with zero attached hydrogens (tertiary/aromatic N) is 3. The minimum absolute atomic E-state index is 0.160. The van der Waals surface area contributed by atoms with Crippen LogP contribution in [0.25, 0.3) is 0 Å². The normalized spacial score (nSPS) is 11.8. The van der Waals surface area contributed by atoms with E-state index in [2.05, 4.69) is 20.4 Å². The van der Waals surface area contributed by atoms with Crippen molar-refractivity contribution in [3.63, 3.8) is 0 Å². The summed E-state index contributed by atoms with van der Waals surface area (Å²) in [6, 6.07) is 10.1. The van der Waals surface area contributed by atoms with Gasteiger partial charge in [-0.25, -0.2) is 5.84 Å². The number of rotatable bonds is 6. The molecular weight excluding hydrogens is 258 g/mol. The second-order valence-electron chi connectivity index (χ2n) is 3.97. The highest BCUT2D eigenvalue weighted by Crippen LogP contribution is 2.20. The van der Waals surface area contributed by atoms with Gasteiger partial charge in [-0.2, -0.15) is 9.97 Å². The second kappa shape index (κ2) is 6.67. The van der Waals surface area contributed by atoms with Crippen molar-refractivity contribution in [2.24, 2.45) is 5.84 Å². The summed E-state index contributed by atoms with van der Waals surface area (Å²) in [5.74, 6) is 5.51. The highest BCUT2D eigenvalue weighted by Gasteiger charge is 2.12. The van der Waals surface area contributed by atoms with Crippen molar-refractivity contribution >= 4 is 5.95 Å². The van der Waals surface area contributed by atoms with Crippen LogP contribution in [0.15, 0.2) is 30.3 Å². The van der Waals surface area contributed by atoms with E-state index < -0.39 is 0 Å². The van der Waals surface area contributed by atoms with Crippen LogP contribution >= 0.6 is 0 Å². The Morgan fingerprint density at radius 1 is 1.15 bits per heavy atom. The molecule has 0 fully saturated rings. The molecule has 1 aromatic heterocycles. The first kappa shape index (κ1) is 14.0. The third kappa shape index (κ3) is 3.55. The van der Waals surface area contributed by atoms with Gasteiger partial charge < -0.3 is 9.47 Å². The van der Waals surface area contributed by atoms with Crippen LogP contribution in [0, 0.1) is 0 Å². The van der Waals surface area contributed by atoms with Gasteiger partial charge in [0.2, 0.25) is 5.95 Å². The summed E-state index contributed by atoms with van der Waals surface area (Å²) in [4.78, 5) is 12.1. The number of hydrogen-bond acceptors (Lipinski definition) is 7. The Kier molecular flexibility index (Phi) is 4.67. The zero-order valence-corrected chi connectivity index (χ0v) is 11.4. The van der Waals surface area contributed by atoms with Gasteiger partial charge in [0.15, 0.2) is 0 Å². The molecule has 1 unspecified atom stereocenters. The van der Waals surface area contributed by atoms with E-state index >= 15 is 0 Å². The van der Waals surface area contributed by atoms with Crippen molar-refractivity contribution in [2.75, 3.05) is 12.0 Å². The van der Waals surface area contributed by atoms with Gasteiger partial charge in [0, 0.05) is 0 Å². The lowest BCUT2D eigenvalue weighted by molar-refractivity contribution is 0.201. The monoisotopic (exact) mass is 275 g/mol. The first-order valence-electron chi connectivity index (χ1n) is 6.30. The number of hydrogen-bond donors (Lipinski definition) is 2. The largest absolute Gasteiger partial charge is 0.464 e. The molecule has 1 heterocycles. The summed E-state index contributed by atoms with van der Waals surface area (Å²) in [6.45, 7) is 4.20.